The van der Waals surface area contributed by atoms with Crippen molar-refractivity contribution in [2.45, 2.75) is 57.7 Å². The van der Waals surface area contributed by atoms with Gasteiger partial charge in [0.05, 0.1) is 16.5 Å². The number of nitrogens with one attached hydrogen (secondary N) is 1. The molecule has 7 heteroatoms. The number of nitrogens with zero attached hydrogens (tertiary/aromatic N) is 1. The largest absolute Gasteiger partial charge is 0.352 e. The highest BCUT2D eigenvalue weighted by Crippen LogP contribution is 2.24. The van der Waals surface area contributed by atoms with Gasteiger partial charge in [-0.1, -0.05) is 65.8 Å². The van der Waals surface area contributed by atoms with Crippen LogP contribution < -0.4 is 5.32 Å². The Morgan fingerprint density at radius 2 is 1.63 bits per heavy atom. The van der Waals surface area contributed by atoms with Gasteiger partial charge in [0, 0.05) is 17.6 Å². The van der Waals surface area contributed by atoms with Gasteiger partial charge in [0.25, 0.3) is 0 Å². The average Bonchev–Trinajstić information content (AvgIpc) is 3.23. The van der Waals surface area contributed by atoms with E-state index in [2.05, 4.69) is 5.32 Å². The Bertz CT molecular complexity index is 896. The topological polar surface area (TPSA) is 49.4 Å². The minimum Gasteiger partial charge on any atom is -0.352 e. The molecule has 3 rings (SSSR count). The van der Waals surface area contributed by atoms with Crippen molar-refractivity contribution in [2.24, 2.45) is 0 Å². The fraction of sp³-hybridized carbons (Fsp3) is 0.391. The first-order chi connectivity index (χ1) is 14.3. The summed E-state index contributed by atoms with van der Waals surface area (Å²) in [5.41, 5.74) is 1.65. The van der Waals surface area contributed by atoms with Crippen LogP contribution in [0.15, 0.2) is 42.5 Å². The fourth-order valence-corrected chi connectivity index (χ4v) is 4.13. The number of hydrogen-bond acceptors (Lipinski definition) is 2. The SMILES string of the molecule is C[C@@H](C(=O)NC1CCCC1)N(Cc1ccc(Cl)c(Cl)c1)C(=O)Cc1ccc(Cl)cc1. The minimum atomic E-state index is -0.611. The highest BCUT2D eigenvalue weighted by molar-refractivity contribution is 6.42. The zero-order valence-corrected chi connectivity index (χ0v) is 19.1. The highest BCUT2D eigenvalue weighted by atomic mass is 35.5. The molecular formula is C23H25Cl3N2O2. The molecule has 0 spiro atoms. The van der Waals surface area contributed by atoms with Crippen molar-refractivity contribution < 1.29 is 9.59 Å². The van der Waals surface area contributed by atoms with Crippen molar-refractivity contribution in [3.63, 3.8) is 0 Å². The lowest BCUT2D eigenvalue weighted by molar-refractivity contribution is -0.140. The van der Waals surface area contributed by atoms with Gasteiger partial charge in [0.1, 0.15) is 6.04 Å². The maximum absolute atomic E-state index is 13.2. The Morgan fingerprint density at radius 3 is 2.27 bits per heavy atom. The van der Waals surface area contributed by atoms with Gasteiger partial charge in [-0.25, -0.2) is 0 Å². The molecule has 30 heavy (non-hydrogen) atoms. The second-order valence-corrected chi connectivity index (χ2v) is 8.99. The molecule has 160 valence electrons. The molecule has 1 fully saturated rings. The smallest absolute Gasteiger partial charge is 0.242 e. The Hall–Kier alpha value is -1.75. The molecule has 0 heterocycles. The summed E-state index contributed by atoms with van der Waals surface area (Å²) in [4.78, 5) is 27.7. The van der Waals surface area contributed by atoms with Crippen LogP contribution in [0.1, 0.15) is 43.7 Å². The average molecular weight is 468 g/mol. The van der Waals surface area contributed by atoms with E-state index in [4.69, 9.17) is 34.8 Å². The molecule has 1 atom stereocenters. The number of carbonyl (C=O) groups excluding carboxylic acids is 2. The zero-order valence-electron chi connectivity index (χ0n) is 16.8. The van der Waals surface area contributed by atoms with Gasteiger partial charge in [-0.05, 0) is 55.2 Å². The van der Waals surface area contributed by atoms with Gasteiger partial charge in [0.15, 0.2) is 0 Å². The van der Waals surface area contributed by atoms with E-state index in [1.807, 2.05) is 18.2 Å². The third-order valence-corrected chi connectivity index (χ3v) is 6.47. The van der Waals surface area contributed by atoms with Crippen molar-refractivity contribution in [2.75, 3.05) is 0 Å². The normalized spacial score (nSPS) is 15.1. The monoisotopic (exact) mass is 466 g/mol. The lowest BCUT2D eigenvalue weighted by atomic mass is 10.1. The lowest BCUT2D eigenvalue weighted by Crippen LogP contribution is -2.50. The minimum absolute atomic E-state index is 0.133. The zero-order chi connectivity index (χ0) is 21.7. The number of benzene rings is 2. The van der Waals surface area contributed by atoms with Crippen LogP contribution in [0.2, 0.25) is 15.1 Å². The van der Waals surface area contributed by atoms with Crippen LogP contribution >= 0.6 is 34.8 Å². The first kappa shape index (κ1) is 22.9. The number of rotatable bonds is 7. The summed E-state index contributed by atoms with van der Waals surface area (Å²) in [6, 6.07) is 12.0. The molecule has 2 aromatic carbocycles. The standard InChI is InChI=1S/C23H25Cl3N2O2/c1-15(23(30)27-19-4-2-3-5-19)28(14-17-8-11-20(25)21(26)12-17)22(29)13-16-6-9-18(24)10-7-16/h6-12,15,19H,2-5,13-14H2,1H3,(H,27,30)/t15-/m0/s1. The van der Waals surface area contributed by atoms with Crippen molar-refractivity contribution in [3.8, 4) is 0 Å². The molecule has 2 aromatic rings. The Kier molecular flexibility index (Phi) is 8.04. The van der Waals surface area contributed by atoms with Crippen molar-refractivity contribution in [1.29, 1.82) is 0 Å². The predicted molar refractivity (Wildman–Crippen MR) is 122 cm³/mol. The van der Waals surface area contributed by atoms with Crippen LogP contribution in [0.5, 0.6) is 0 Å². The summed E-state index contributed by atoms with van der Waals surface area (Å²) in [6.07, 6.45) is 4.41. The van der Waals surface area contributed by atoms with Crippen LogP contribution in [-0.2, 0) is 22.6 Å². The molecular weight excluding hydrogens is 443 g/mol. The second kappa shape index (κ2) is 10.5. The van der Waals surface area contributed by atoms with Gasteiger partial charge >= 0.3 is 0 Å². The van der Waals surface area contributed by atoms with E-state index < -0.39 is 6.04 Å². The maximum Gasteiger partial charge on any atom is 0.242 e. The molecule has 0 radical (unpaired) electrons. The number of halogens is 3. The van der Waals surface area contributed by atoms with Crippen molar-refractivity contribution in [3.05, 3.63) is 68.7 Å². The van der Waals surface area contributed by atoms with Crippen molar-refractivity contribution in [1.82, 2.24) is 10.2 Å². The maximum atomic E-state index is 13.2. The number of hydrogen-bond donors (Lipinski definition) is 1. The van der Waals surface area contributed by atoms with E-state index >= 15 is 0 Å². The molecule has 1 saturated carbocycles. The molecule has 1 aliphatic carbocycles. The quantitative estimate of drug-likeness (QED) is 0.571. The van der Waals surface area contributed by atoms with Crippen LogP contribution in [0, 0.1) is 0 Å². The van der Waals surface area contributed by atoms with Crippen molar-refractivity contribution >= 4 is 46.6 Å². The summed E-state index contributed by atoms with van der Waals surface area (Å²) in [7, 11) is 0. The van der Waals surface area contributed by atoms with Gasteiger partial charge in [-0.3, -0.25) is 9.59 Å². The second-order valence-electron chi connectivity index (χ2n) is 7.74. The van der Waals surface area contributed by atoms with Gasteiger partial charge < -0.3 is 10.2 Å². The predicted octanol–water partition coefficient (Wildman–Crippen LogP) is 5.67. The molecule has 0 aromatic heterocycles. The van der Waals surface area contributed by atoms with Crippen LogP contribution in [-0.4, -0.2) is 28.8 Å². The van der Waals surface area contributed by atoms with E-state index in [-0.39, 0.29) is 30.8 Å². The number of carbonyl (C=O) groups is 2. The molecule has 0 bridgehead atoms. The fourth-order valence-electron chi connectivity index (χ4n) is 3.69. The summed E-state index contributed by atoms with van der Waals surface area (Å²) >= 11 is 18.1. The highest BCUT2D eigenvalue weighted by Gasteiger charge is 2.28. The Labute approximate surface area is 192 Å². The molecule has 1 aliphatic rings. The summed E-state index contributed by atoms with van der Waals surface area (Å²) in [5, 5.41) is 4.58. The van der Waals surface area contributed by atoms with Gasteiger partial charge in [-0.2, -0.15) is 0 Å². The van der Waals surface area contributed by atoms with E-state index in [0.29, 0.717) is 15.1 Å². The summed E-state index contributed by atoms with van der Waals surface area (Å²) in [6.45, 7) is 2.03. The van der Waals surface area contributed by atoms with Crippen LogP contribution in [0.3, 0.4) is 0 Å². The van der Waals surface area contributed by atoms with Crippen LogP contribution in [0.25, 0.3) is 0 Å². The molecule has 0 saturated heterocycles. The molecule has 0 unspecified atom stereocenters. The third kappa shape index (κ3) is 6.13. The van der Waals surface area contributed by atoms with Crippen LogP contribution in [0.4, 0.5) is 0 Å². The Morgan fingerprint density at radius 1 is 1.00 bits per heavy atom. The molecule has 4 nitrogen and oxygen atoms in total. The molecule has 1 N–H and O–H groups in total. The lowest BCUT2D eigenvalue weighted by Gasteiger charge is -2.30. The Balaban J connectivity index is 1.78. The molecule has 2 amide bonds. The first-order valence-electron chi connectivity index (χ1n) is 10.1. The van der Waals surface area contributed by atoms with E-state index in [9.17, 15) is 9.59 Å². The summed E-state index contributed by atoms with van der Waals surface area (Å²) in [5.74, 6) is -0.274. The van der Waals surface area contributed by atoms with E-state index in [1.165, 1.54) is 0 Å². The summed E-state index contributed by atoms with van der Waals surface area (Å²) < 4.78 is 0. The van der Waals surface area contributed by atoms with E-state index in [0.717, 1.165) is 36.8 Å². The third-order valence-electron chi connectivity index (χ3n) is 5.47. The van der Waals surface area contributed by atoms with Gasteiger partial charge in [-0.15, -0.1) is 0 Å². The number of amides is 2. The first-order valence-corrected chi connectivity index (χ1v) is 11.2. The van der Waals surface area contributed by atoms with Gasteiger partial charge in [0.2, 0.25) is 11.8 Å². The van der Waals surface area contributed by atoms with E-state index in [1.54, 1.807) is 36.1 Å². The molecule has 0 aliphatic heterocycles.